The van der Waals surface area contributed by atoms with Crippen molar-refractivity contribution in [3.63, 3.8) is 0 Å². The lowest BCUT2D eigenvalue weighted by Crippen LogP contribution is -2.62. The first kappa shape index (κ1) is 77.9. The van der Waals surface area contributed by atoms with Crippen LogP contribution in [0.15, 0.2) is 52.5 Å². The summed E-state index contributed by atoms with van der Waals surface area (Å²) in [6.45, 7) is 50.5. The summed E-state index contributed by atoms with van der Waals surface area (Å²) < 4.78 is 60.3. The number of carbonyl (C=O) groups is 4. The third-order valence-corrected chi connectivity index (χ3v) is 37.3. The molecule has 0 aliphatic carbocycles. The van der Waals surface area contributed by atoms with E-state index in [0.717, 1.165) is 42.1 Å². The summed E-state index contributed by atoms with van der Waals surface area (Å²) in [7, 11) is -8.00. The highest BCUT2D eigenvalue weighted by atomic mass is 79.9. The predicted octanol–water partition coefficient (Wildman–Crippen LogP) is 16.8. The third-order valence-electron chi connectivity index (χ3n) is 18.6. The molecule has 0 radical (unpaired) electrons. The first-order valence-corrected chi connectivity index (χ1v) is 43.4. The van der Waals surface area contributed by atoms with Crippen LogP contribution in [-0.2, 0) is 60.6 Å². The third kappa shape index (κ3) is 24.3. The number of unbranched alkanes of at least 4 members (excludes halogenated alkanes) is 4. The minimum atomic E-state index is -2.50. The highest BCUT2D eigenvalue weighted by Crippen LogP contribution is 2.48. The molecule has 1 fully saturated rings. The second-order valence-electron chi connectivity index (χ2n) is 30.1. The second-order valence-corrected chi connectivity index (χ2v) is 50.1. The first-order chi connectivity index (χ1) is 38.3. The molecule has 1 aliphatic heterocycles. The average Bonchev–Trinajstić information content (AvgIpc) is 2.65. The van der Waals surface area contributed by atoms with E-state index in [9.17, 15) is 24.3 Å². The molecule has 1 saturated heterocycles. The molecule has 1 aromatic rings. The van der Waals surface area contributed by atoms with Gasteiger partial charge in [0, 0.05) is 54.5 Å². The maximum absolute atomic E-state index is 14.8. The zero-order valence-corrected chi connectivity index (χ0v) is 62.4. The molecule has 2 rings (SSSR count). The lowest BCUT2D eigenvalue weighted by molar-refractivity contribution is -0.327. The topological polar surface area (TPSA) is 172 Å². The van der Waals surface area contributed by atoms with Gasteiger partial charge in [0.05, 0.1) is 38.4 Å². The number of hydrogen-bond donors (Lipinski definition) is 1. The minimum absolute atomic E-state index is 0.00684. The van der Waals surface area contributed by atoms with E-state index >= 15 is 0 Å². The number of rotatable bonds is 34. The Morgan fingerprint density at radius 1 is 0.714 bits per heavy atom. The fourth-order valence-corrected chi connectivity index (χ4v) is 13.9. The van der Waals surface area contributed by atoms with Crippen molar-refractivity contribution in [1.29, 1.82) is 0 Å². The van der Waals surface area contributed by atoms with Gasteiger partial charge in [-0.25, -0.2) is 4.79 Å². The van der Waals surface area contributed by atoms with E-state index in [0.29, 0.717) is 32.2 Å². The monoisotopic (exact) mass is 1310 g/mol. The maximum Gasteiger partial charge on any atom is 0.330 e. The van der Waals surface area contributed by atoms with Gasteiger partial charge in [-0.2, -0.15) is 0 Å². The number of ether oxygens (including phenoxy) is 5. The summed E-state index contributed by atoms with van der Waals surface area (Å²) >= 11 is 3.64. The van der Waals surface area contributed by atoms with Crippen molar-refractivity contribution >= 4 is 73.4 Å². The van der Waals surface area contributed by atoms with Crippen molar-refractivity contribution in [2.75, 3.05) is 26.9 Å². The molecule has 19 heteroatoms. The van der Waals surface area contributed by atoms with Gasteiger partial charge < -0.3 is 46.5 Å². The van der Waals surface area contributed by atoms with Gasteiger partial charge >= 0.3 is 17.9 Å². The molecule has 0 unspecified atom stereocenters. The Kier molecular flexibility index (Phi) is 30.2. The lowest BCUT2D eigenvalue weighted by atomic mass is 9.74. The Labute approximate surface area is 522 Å². The molecule has 1 aliphatic rings. The zero-order valence-electron chi connectivity index (χ0n) is 56.8. The van der Waals surface area contributed by atoms with Crippen molar-refractivity contribution in [2.45, 2.75) is 296 Å². The second kappa shape index (κ2) is 32.5. The van der Waals surface area contributed by atoms with Crippen LogP contribution in [0.1, 0.15) is 193 Å². The van der Waals surface area contributed by atoms with Crippen LogP contribution in [0.25, 0.3) is 0 Å². The standard InChI is InChI=1S/C65H117BrO14Si4/c1-25-26-27-28-29-31-56(68)77-59-49(43-57(69)72-16)42-53(78-65(59,71)64(14,15)38-30-39-67)44-54(47-75-82(19,20)61(5,6)7)76-58(70)46-52(80-84(23,24)63(11,12)13)36-40-73-55(48-32-34-50(66)35-33-48)45-51(79-83(21,22)62(8,9)10)37-41-74-81(17,18)60(2,3)4/h30,32-35,38-39,43,51-55,59,71H,25-29,31,36-37,40-42,44-47H2,1-24H3/b38-30+,49-43+/t51-,52+,53-,54+,55-,59-,65+/m0/s1. The Hall–Kier alpha value is -2.15. The van der Waals surface area contributed by atoms with Gasteiger partial charge in [0.15, 0.2) is 39.4 Å². The number of halogens is 1. The van der Waals surface area contributed by atoms with Crippen molar-refractivity contribution in [2.24, 2.45) is 5.41 Å². The van der Waals surface area contributed by atoms with Crippen LogP contribution in [0.3, 0.4) is 0 Å². The maximum atomic E-state index is 14.8. The van der Waals surface area contributed by atoms with Crippen molar-refractivity contribution in [1.82, 2.24) is 0 Å². The SMILES string of the molecule is CCCCCCCC(=O)O[C@H]1/C(=C/C(=O)OC)C[C@@H](C[C@H](CO[Si](C)(C)C(C)(C)C)OC(=O)C[C@@H](CCO[C@@H](C[C@H](CCO[Si](C)(C)C(C)(C)C)O[Si](C)(C)C(C)(C)C)c2ccc(Br)cc2)O[Si](C)(C)C(C)(C)C)O[C@@]1(O)C(C)(C)/C=C/C=O. The summed E-state index contributed by atoms with van der Waals surface area (Å²) in [5, 5.41) is 12.6. The van der Waals surface area contributed by atoms with Crippen LogP contribution in [0, 0.1) is 5.41 Å². The Bertz CT molecular complexity index is 2270. The lowest BCUT2D eigenvalue weighted by Gasteiger charge is -2.51. The summed E-state index contributed by atoms with van der Waals surface area (Å²) in [6.07, 6.45) is 6.45. The van der Waals surface area contributed by atoms with E-state index in [2.05, 4.69) is 170 Å². The first-order valence-electron chi connectivity index (χ1n) is 31.0. The van der Waals surface area contributed by atoms with E-state index in [-0.39, 0.29) is 76.8 Å². The molecule has 7 atom stereocenters. The summed E-state index contributed by atoms with van der Waals surface area (Å²) in [5.74, 6) is -4.10. The molecule has 84 heavy (non-hydrogen) atoms. The Morgan fingerprint density at radius 2 is 1.24 bits per heavy atom. The number of carbonyl (C=O) groups excluding carboxylic acids is 4. The Balaban J connectivity index is 2.69. The van der Waals surface area contributed by atoms with Crippen LogP contribution < -0.4 is 0 Å². The number of aldehydes is 1. The highest BCUT2D eigenvalue weighted by Gasteiger charge is 2.58. The van der Waals surface area contributed by atoms with Crippen molar-refractivity contribution in [3.05, 3.63) is 58.1 Å². The van der Waals surface area contributed by atoms with Gasteiger partial charge in [0.1, 0.15) is 12.4 Å². The van der Waals surface area contributed by atoms with Gasteiger partial charge in [0.25, 0.3) is 0 Å². The fraction of sp³-hybridized carbons (Fsp3) is 0.785. The van der Waals surface area contributed by atoms with Crippen LogP contribution in [0.5, 0.6) is 0 Å². The minimum Gasteiger partial charge on any atom is -0.466 e. The van der Waals surface area contributed by atoms with Crippen molar-refractivity contribution in [3.8, 4) is 0 Å². The van der Waals surface area contributed by atoms with Crippen LogP contribution in [0.4, 0.5) is 0 Å². The molecule has 1 heterocycles. The average molecular weight is 1310 g/mol. The molecule has 0 bridgehead atoms. The van der Waals surface area contributed by atoms with E-state index in [4.69, 9.17) is 41.4 Å². The fourth-order valence-electron chi connectivity index (χ4n) is 8.78. The number of allylic oxidation sites excluding steroid dienone is 1. The van der Waals surface area contributed by atoms with Crippen LogP contribution >= 0.6 is 15.9 Å². The molecule has 0 amide bonds. The van der Waals surface area contributed by atoms with Gasteiger partial charge in [0.2, 0.25) is 5.79 Å². The van der Waals surface area contributed by atoms with Gasteiger partial charge in [-0.1, -0.05) is 164 Å². The quantitative estimate of drug-likeness (QED) is 0.0173. The van der Waals surface area contributed by atoms with E-state index < -0.39 is 86.8 Å². The van der Waals surface area contributed by atoms with E-state index in [1.165, 1.54) is 25.3 Å². The summed E-state index contributed by atoms with van der Waals surface area (Å²) in [6, 6.07) is 8.25. The largest absolute Gasteiger partial charge is 0.466 e. The van der Waals surface area contributed by atoms with Crippen molar-refractivity contribution < 1.29 is 65.7 Å². The molecular weight excluding hydrogens is 1200 g/mol. The molecule has 0 spiro atoms. The number of esters is 3. The van der Waals surface area contributed by atoms with E-state index in [1.807, 2.05) is 12.1 Å². The number of benzene rings is 1. The molecular formula is C65H117BrO14Si4. The number of hydrogen-bond acceptors (Lipinski definition) is 14. The molecule has 1 aromatic carbocycles. The van der Waals surface area contributed by atoms with Gasteiger partial charge in [-0.15, -0.1) is 0 Å². The van der Waals surface area contributed by atoms with E-state index in [1.54, 1.807) is 13.8 Å². The summed E-state index contributed by atoms with van der Waals surface area (Å²) in [4.78, 5) is 53.4. The smallest absolute Gasteiger partial charge is 0.330 e. The van der Waals surface area contributed by atoms with Crippen LogP contribution in [-0.4, -0.2) is 126 Å². The van der Waals surface area contributed by atoms with Gasteiger partial charge in [-0.05, 0) is 128 Å². The molecule has 1 N–H and O–H groups in total. The molecule has 14 nitrogen and oxygen atoms in total. The molecule has 0 saturated carbocycles. The number of methoxy groups -OCH3 is 1. The predicted molar refractivity (Wildman–Crippen MR) is 353 cm³/mol. The zero-order chi connectivity index (χ0) is 64.6. The molecule has 484 valence electrons. The highest BCUT2D eigenvalue weighted by molar-refractivity contribution is 9.10. The molecule has 0 aromatic heterocycles. The van der Waals surface area contributed by atoms with Gasteiger partial charge in [-0.3, -0.25) is 14.4 Å². The summed E-state index contributed by atoms with van der Waals surface area (Å²) in [5.41, 5.74) is -0.100. The number of aliphatic hydroxyl groups is 1. The van der Waals surface area contributed by atoms with Crippen LogP contribution in [0.2, 0.25) is 72.5 Å². The normalized spacial score (nSPS) is 20.1. The Morgan fingerprint density at radius 3 is 1.76 bits per heavy atom.